The van der Waals surface area contributed by atoms with Gasteiger partial charge in [0.15, 0.2) is 5.96 Å². The molecule has 0 spiro atoms. The number of hydrogen-bond acceptors (Lipinski definition) is 3. The van der Waals surface area contributed by atoms with Crippen molar-refractivity contribution in [2.45, 2.75) is 26.9 Å². The van der Waals surface area contributed by atoms with Crippen LogP contribution in [0, 0.1) is 6.92 Å². The fourth-order valence-corrected chi connectivity index (χ4v) is 3.43. The van der Waals surface area contributed by atoms with E-state index in [0.29, 0.717) is 6.54 Å². The van der Waals surface area contributed by atoms with Crippen LogP contribution in [0.2, 0.25) is 0 Å². The quantitative estimate of drug-likeness (QED) is 0.636. The van der Waals surface area contributed by atoms with E-state index in [0.717, 1.165) is 28.5 Å². The van der Waals surface area contributed by atoms with Gasteiger partial charge < -0.3 is 14.8 Å². The number of aliphatic imine (C=N–C) groups is 1. The molecule has 0 aliphatic heterocycles. The first-order valence-corrected chi connectivity index (χ1v) is 8.82. The Hall–Kier alpha value is -1.34. The highest BCUT2D eigenvalue weighted by atomic mass is 79.9. The molecule has 0 unspecified atom stereocenters. The molecule has 0 aromatic carbocycles. The average Bonchev–Trinajstić information content (AvgIpc) is 3.00. The third-order valence-corrected chi connectivity index (χ3v) is 4.56. The van der Waals surface area contributed by atoms with Gasteiger partial charge >= 0.3 is 0 Å². The van der Waals surface area contributed by atoms with Gasteiger partial charge in [0.1, 0.15) is 0 Å². The van der Waals surface area contributed by atoms with Gasteiger partial charge in [0.2, 0.25) is 0 Å². The zero-order valence-corrected chi connectivity index (χ0v) is 15.8. The van der Waals surface area contributed by atoms with Crippen LogP contribution in [0.25, 0.3) is 0 Å². The SMILES string of the molecule is CCNC(=NCc1cnc(C)s1)N(C)Cc1cc(Br)cn1C. The lowest BCUT2D eigenvalue weighted by atomic mass is 10.4. The Morgan fingerprint density at radius 2 is 2.32 bits per heavy atom. The normalized spacial score (nSPS) is 11.8. The minimum Gasteiger partial charge on any atom is -0.357 e. The molecule has 0 aliphatic carbocycles. The van der Waals surface area contributed by atoms with Crippen molar-refractivity contribution < 1.29 is 0 Å². The second kappa shape index (κ2) is 7.78. The highest BCUT2D eigenvalue weighted by Gasteiger charge is 2.10. The number of halogens is 1. The summed E-state index contributed by atoms with van der Waals surface area (Å²) in [4.78, 5) is 12.3. The number of hydrogen-bond donors (Lipinski definition) is 1. The maximum absolute atomic E-state index is 4.71. The molecular formula is C15H22BrN5S. The molecule has 120 valence electrons. The molecule has 0 bridgehead atoms. The van der Waals surface area contributed by atoms with Crippen LogP contribution in [0.3, 0.4) is 0 Å². The van der Waals surface area contributed by atoms with Crippen LogP contribution in [-0.4, -0.2) is 34.0 Å². The summed E-state index contributed by atoms with van der Waals surface area (Å²) in [5.41, 5.74) is 1.23. The van der Waals surface area contributed by atoms with E-state index < -0.39 is 0 Å². The summed E-state index contributed by atoms with van der Waals surface area (Å²) in [6, 6.07) is 2.13. The second-order valence-electron chi connectivity index (χ2n) is 5.13. The van der Waals surface area contributed by atoms with E-state index in [1.807, 2.05) is 13.1 Å². The first kappa shape index (κ1) is 17.0. The Balaban J connectivity index is 2.07. The van der Waals surface area contributed by atoms with Crippen LogP contribution < -0.4 is 5.32 Å². The predicted molar refractivity (Wildman–Crippen MR) is 96.2 cm³/mol. The van der Waals surface area contributed by atoms with E-state index in [1.165, 1.54) is 10.6 Å². The summed E-state index contributed by atoms with van der Waals surface area (Å²) in [5.74, 6) is 0.908. The monoisotopic (exact) mass is 383 g/mol. The third-order valence-electron chi connectivity index (χ3n) is 3.22. The van der Waals surface area contributed by atoms with Crippen molar-refractivity contribution in [1.29, 1.82) is 0 Å². The molecule has 0 fully saturated rings. The third kappa shape index (κ3) is 4.58. The Labute approximate surface area is 144 Å². The van der Waals surface area contributed by atoms with Gasteiger partial charge in [0.25, 0.3) is 0 Å². The van der Waals surface area contributed by atoms with Crippen LogP contribution in [0.15, 0.2) is 27.9 Å². The van der Waals surface area contributed by atoms with Gasteiger partial charge in [-0.2, -0.15) is 0 Å². The van der Waals surface area contributed by atoms with Gasteiger partial charge in [-0.3, -0.25) is 0 Å². The molecule has 0 atom stereocenters. The Kier molecular flexibility index (Phi) is 6.02. The predicted octanol–water partition coefficient (Wildman–Crippen LogP) is 3.15. The fourth-order valence-electron chi connectivity index (χ4n) is 2.14. The Bertz CT molecular complexity index is 646. The van der Waals surface area contributed by atoms with Crippen molar-refractivity contribution in [3.05, 3.63) is 38.5 Å². The summed E-state index contributed by atoms with van der Waals surface area (Å²) in [5, 5.41) is 4.43. The molecule has 2 aromatic rings. The van der Waals surface area contributed by atoms with Crippen molar-refractivity contribution in [2.75, 3.05) is 13.6 Å². The van der Waals surface area contributed by atoms with Crippen molar-refractivity contribution in [3.63, 3.8) is 0 Å². The van der Waals surface area contributed by atoms with Crippen molar-refractivity contribution >= 4 is 33.2 Å². The molecule has 2 rings (SSSR count). The van der Waals surface area contributed by atoms with E-state index in [1.54, 1.807) is 11.3 Å². The molecule has 2 aromatic heterocycles. The van der Waals surface area contributed by atoms with Crippen LogP contribution >= 0.6 is 27.3 Å². The van der Waals surface area contributed by atoms with Crippen molar-refractivity contribution in [3.8, 4) is 0 Å². The van der Waals surface area contributed by atoms with Crippen LogP contribution in [0.4, 0.5) is 0 Å². The molecular weight excluding hydrogens is 362 g/mol. The lowest BCUT2D eigenvalue weighted by Gasteiger charge is -2.22. The van der Waals surface area contributed by atoms with E-state index in [9.17, 15) is 0 Å². The molecule has 0 aliphatic rings. The van der Waals surface area contributed by atoms with Gasteiger partial charge in [0.05, 0.1) is 18.1 Å². The van der Waals surface area contributed by atoms with Gasteiger partial charge in [-0.1, -0.05) is 0 Å². The minimum atomic E-state index is 0.662. The average molecular weight is 384 g/mol. The van der Waals surface area contributed by atoms with Gasteiger partial charge in [-0.05, 0) is 35.8 Å². The Morgan fingerprint density at radius 1 is 1.55 bits per heavy atom. The highest BCUT2D eigenvalue weighted by molar-refractivity contribution is 9.10. The van der Waals surface area contributed by atoms with E-state index >= 15 is 0 Å². The summed E-state index contributed by atoms with van der Waals surface area (Å²) in [6.07, 6.45) is 3.97. The number of aryl methyl sites for hydroxylation is 2. The number of thiazole rings is 1. The van der Waals surface area contributed by atoms with Gasteiger partial charge in [0, 0.05) is 48.1 Å². The largest absolute Gasteiger partial charge is 0.357 e. The zero-order valence-electron chi connectivity index (χ0n) is 13.4. The maximum Gasteiger partial charge on any atom is 0.194 e. The molecule has 22 heavy (non-hydrogen) atoms. The smallest absolute Gasteiger partial charge is 0.194 e. The van der Waals surface area contributed by atoms with Crippen LogP contribution in [-0.2, 0) is 20.1 Å². The van der Waals surface area contributed by atoms with E-state index in [4.69, 9.17) is 4.99 Å². The lowest BCUT2D eigenvalue weighted by molar-refractivity contribution is 0.462. The van der Waals surface area contributed by atoms with Crippen LogP contribution in [0.1, 0.15) is 22.5 Å². The summed E-state index contributed by atoms with van der Waals surface area (Å²) < 4.78 is 3.22. The van der Waals surface area contributed by atoms with Crippen molar-refractivity contribution in [2.24, 2.45) is 12.0 Å². The Morgan fingerprint density at radius 3 is 2.86 bits per heavy atom. The molecule has 7 heteroatoms. The standard InChI is InChI=1S/C15H22BrN5S/c1-5-17-15(19-8-14-7-18-11(2)22-14)21(4)10-13-6-12(16)9-20(13)3/h6-7,9H,5,8,10H2,1-4H3,(H,17,19). The first-order chi connectivity index (χ1) is 10.5. The summed E-state index contributed by atoms with van der Waals surface area (Å²) in [7, 11) is 4.11. The number of nitrogens with one attached hydrogen (secondary N) is 1. The van der Waals surface area contributed by atoms with Gasteiger partial charge in [-0.15, -0.1) is 11.3 Å². The summed E-state index contributed by atoms with van der Waals surface area (Å²) >= 11 is 5.21. The first-order valence-electron chi connectivity index (χ1n) is 7.21. The molecule has 5 nitrogen and oxygen atoms in total. The molecule has 1 N–H and O–H groups in total. The molecule has 0 radical (unpaired) electrons. The topological polar surface area (TPSA) is 45.5 Å². The number of guanidine groups is 1. The van der Waals surface area contributed by atoms with Crippen LogP contribution in [0.5, 0.6) is 0 Å². The van der Waals surface area contributed by atoms with Gasteiger partial charge in [-0.25, -0.2) is 9.98 Å². The number of rotatable bonds is 5. The second-order valence-corrected chi connectivity index (χ2v) is 7.37. The fraction of sp³-hybridized carbons (Fsp3) is 0.467. The number of nitrogens with zero attached hydrogens (tertiary/aromatic N) is 4. The number of aromatic nitrogens is 2. The summed E-state index contributed by atoms with van der Waals surface area (Å²) in [6.45, 7) is 6.41. The zero-order chi connectivity index (χ0) is 16.1. The molecule has 0 saturated carbocycles. The maximum atomic E-state index is 4.71. The van der Waals surface area contributed by atoms with E-state index in [-0.39, 0.29) is 0 Å². The van der Waals surface area contributed by atoms with E-state index in [2.05, 4.69) is 69.0 Å². The lowest BCUT2D eigenvalue weighted by Crippen LogP contribution is -2.38. The molecule has 2 heterocycles. The highest BCUT2D eigenvalue weighted by Crippen LogP contribution is 2.15. The molecule has 0 amide bonds. The minimum absolute atomic E-state index is 0.662. The van der Waals surface area contributed by atoms with Crippen molar-refractivity contribution in [1.82, 2.24) is 19.8 Å². The molecule has 0 saturated heterocycles.